The summed E-state index contributed by atoms with van der Waals surface area (Å²) in [5.41, 5.74) is 0.887. The van der Waals surface area contributed by atoms with Gasteiger partial charge in [-0.3, -0.25) is 9.36 Å². The summed E-state index contributed by atoms with van der Waals surface area (Å²) >= 11 is 6.00. The first-order valence-electron chi connectivity index (χ1n) is 8.81. The van der Waals surface area contributed by atoms with E-state index in [-0.39, 0.29) is 23.9 Å². The summed E-state index contributed by atoms with van der Waals surface area (Å²) < 4.78 is 23.1. The molecule has 9 nitrogen and oxygen atoms in total. The van der Waals surface area contributed by atoms with Crippen molar-refractivity contribution in [2.24, 2.45) is 0 Å². The Morgan fingerprint density at radius 3 is 2.43 bits per heavy atom. The maximum Gasteiger partial charge on any atom is 0.261 e. The molecular weight excluding hydrogens is 412 g/mol. The second-order valence-corrected chi connectivity index (χ2v) is 6.69. The molecule has 0 spiro atoms. The normalized spacial score (nSPS) is 10.9. The van der Waals surface area contributed by atoms with Crippen molar-refractivity contribution in [2.45, 2.75) is 6.54 Å². The van der Waals surface area contributed by atoms with E-state index in [0.29, 0.717) is 38.7 Å². The van der Waals surface area contributed by atoms with E-state index in [9.17, 15) is 4.79 Å². The highest BCUT2D eigenvalue weighted by Crippen LogP contribution is 2.40. The predicted octanol–water partition coefficient (Wildman–Crippen LogP) is 3.17. The number of aromatic nitrogens is 4. The quantitative estimate of drug-likeness (QED) is 0.461. The van der Waals surface area contributed by atoms with E-state index in [0.717, 1.165) is 0 Å². The maximum atomic E-state index is 12.7. The minimum absolute atomic E-state index is 0.0612. The average molecular weight is 429 g/mol. The van der Waals surface area contributed by atoms with Crippen molar-refractivity contribution in [3.63, 3.8) is 0 Å². The van der Waals surface area contributed by atoms with Gasteiger partial charge < -0.3 is 18.6 Å². The number of hydrogen-bond acceptors (Lipinski definition) is 8. The molecule has 0 saturated heterocycles. The van der Waals surface area contributed by atoms with Crippen LogP contribution in [0.3, 0.4) is 0 Å². The summed E-state index contributed by atoms with van der Waals surface area (Å²) in [6.07, 6.45) is 1.43. The third-order valence-electron chi connectivity index (χ3n) is 4.47. The molecule has 0 aliphatic heterocycles. The largest absolute Gasteiger partial charge is 0.493 e. The molecule has 30 heavy (non-hydrogen) atoms. The third-order valence-corrected chi connectivity index (χ3v) is 4.71. The van der Waals surface area contributed by atoms with Crippen molar-refractivity contribution in [3.05, 3.63) is 57.9 Å². The zero-order valence-corrected chi connectivity index (χ0v) is 17.1. The molecule has 0 radical (unpaired) electrons. The molecule has 4 rings (SSSR count). The molecule has 0 aliphatic carbocycles. The minimum atomic E-state index is -0.255. The lowest BCUT2D eigenvalue weighted by molar-refractivity contribution is 0.324. The number of halogens is 1. The fourth-order valence-corrected chi connectivity index (χ4v) is 3.20. The molecule has 0 unspecified atom stereocenters. The van der Waals surface area contributed by atoms with Gasteiger partial charge >= 0.3 is 0 Å². The van der Waals surface area contributed by atoms with Crippen LogP contribution in [0.15, 0.2) is 45.9 Å². The van der Waals surface area contributed by atoms with Gasteiger partial charge in [0.2, 0.25) is 17.5 Å². The van der Waals surface area contributed by atoms with Crippen LogP contribution in [0.5, 0.6) is 17.2 Å². The van der Waals surface area contributed by atoms with E-state index in [1.807, 2.05) is 0 Å². The standard InChI is InChI=1S/C20H17ClN4O5/c1-27-15-6-11(7-16(28-2)18(15)29-3)19-24-23-17(30-19)9-25-10-22-14-5-4-12(21)8-13(14)20(25)26/h4-8,10H,9H2,1-3H3. The maximum absolute atomic E-state index is 12.7. The molecule has 4 aromatic rings. The van der Waals surface area contributed by atoms with E-state index in [1.165, 1.54) is 32.2 Å². The zero-order valence-electron chi connectivity index (χ0n) is 16.4. The summed E-state index contributed by atoms with van der Waals surface area (Å²) in [6.45, 7) is 0.0612. The second kappa shape index (κ2) is 8.03. The smallest absolute Gasteiger partial charge is 0.261 e. The summed E-state index contributed by atoms with van der Waals surface area (Å²) in [7, 11) is 4.56. The van der Waals surface area contributed by atoms with Crippen LogP contribution in [0.4, 0.5) is 0 Å². The molecule has 2 aromatic carbocycles. The van der Waals surface area contributed by atoms with Crippen LogP contribution in [-0.4, -0.2) is 41.1 Å². The first-order valence-corrected chi connectivity index (χ1v) is 9.19. The van der Waals surface area contributed by atoms with Crippen LogP contribution in [0, 0.1) is 0 Å². The number of methoxy groups -OCH3 is 3. The number of benzene rings is 2. The SMILES string of the molecule is COc1cc(-c2nnc(Cn3cnc4ccc(Cl)cc4c3=O)o2)cc(OC)c1OC. The Kier molecular flexibility index (Phi) is 5.28. The Hall–Kier alpha value is -3.59. The summed E-state index contributed by atoms with van der Waals surface area (Å²) in [5, 5.41) is 8.98. The number of fused-ring (bicyclic) bond motifs is 1. The number of rotatable bonds is 6. The Morgan fingerprint density at radius 2 is 1.77 bits per heavy atom. The predicted molar refractivity (Wildman–Crippen MR) is 110 cm³/mol. The molecule has 0 N–H and O–H groups in total. The lowest BCUT2D eigenvalue weighted by atomic mass is 10.2. The van der Waals surface area contributed by atoms with E-state index in [1.54, 1.807) is 30.3 Å². The highest BCUT2D eigenvalue weighted by Gasteiger charge is 2.18. The number of hydrogen-bond donors (Lipinski definition) is 0. The minimum Gasteiger partial charge on any atom is -0.493 e. The number of nitrogens with zero attached hydrogens (tertiary/aromatic N) is 4. The van der Waals surface area contributed by atoms with Crippen LogP contribution >= 0.6 is 11.6 Å². The van der Waals surface area contributed by atoms with Crippen molar-refractivity contribution < 1.29 is 18.6 Å². The molecule has 154 valence electrons. The zero-order chi connectivity index (χ0) is 21.3. The Morgan fingerprint density at radius 1 is 1.03 bits per heavy atom. The molecule has 2 aromatic heterocycles. The van der Waals surface area contributed by atoms with Crippen molar-refractivity contribution in [1.29, 1.82) is 0 Å². The van der Waals surface area contributed by atoms with Gasteiger partial charge in [0.05, 0.1) is 38.6 Å². The Bertz CT molecular complexity index is 1260. The van der Waals surface area contributed by atoms with Gasteiger partial charge in [0.1, 0.15) is 6.54 Å². The second-order valence-electron chi connectivity index (χ2n) is 6.25. The molecule has 0 fully saturated rings. The Balaban J connectivity index is 1.68. The van der Waals surface area contributed by atoms with Gasteiger partial charge in [-0.05, 0) is 30.3 Å². The lowest BCUT2D eigenvalue weighted by Crippen LogP contribution is -2.21. The molecular formula is C20H17ClN4O5. The van der Waals surface area contributed by atoms with Gasteiger partial charge in [-0.1, -0.05) is 11.6 Å². The van der Waals surface area contributed by atoms with E-state index in [2.05, 4.69) is 15.2 Å². The van der Waals surface area contributed by atoms with Crippen LogP contribution in [0.1, 0.15) is 5.89 Å². The van der Waals surface area contributed by atoms with Crippen molar-refractivity contribution in [3.8, 4) is 28.7 Å². The fraction of sp³-hybridized carbons (Fsp3) is 0.200. The number of ether oxygens (including phenoxy) is 3. The van der Waals surface area contributed by atoms with Gasteiger partial charge in [0.25, 0.3) is 5.56 Å². The van der Waals surface area contributed by atoms with E-state index >= 15 is 0 Å². The van der Waals surface area contributed by atoms with Gasteiger partial charge in [0.15, 0.2) is 11.5 Å². The van der Waals surface area contributed by atoms with Gasteiger partial charge in [-0.15, -0.1) is 10.2 Å². The lowest BCUT2D eigenvalue weighted by Gasteiger charge is -2.12. The van der Waals surface area contributed by atoms with Crippen LogP contribution in [0.2, 0.25) is 5.02 Å². The first kappa shape index (κ1) is 19.7. The molecule has 0 aliphatic rings. The summed E-state index contributed by atoms with van der Waals surface area (Å²) in [6, 6.07) is 8.35. The topological polar surface area (TPSA) is 102 Å². The Labute approximate surface area is 175 Å². The highest BCUT2D eigenvalue weighted by atomic mass is 35.5. The fourth-order valence-electron chi connectivity index (χ4n) is 3.03. The van der Waals surface area contributed by atoms with Crippen molar-refractivity contribution in [2.75, 3.05) is 21.3 Å². The summed E-state index contributed by atoms with van der Waals surface area (Å²) in [4.78, 5) is 17.0. The average Bonchev–Trinajstić information content (AvgIpc) is 3.23. The highest BCUT2D eigenvalue weighted by molar-refractivity contribution is 6.31. The molecule has 10 heteroatoms. The van der Waals surface area contributed by atoms with E-state index in [4.69, 9.17) is 30.2 Å². The van der Waals surface area contributed by atoms with Gasteiger partial charge in [-0.25, -0.2) is 4.98 Å². The monoisotopic (exact) mass is 428 g/mol. The van der Waals surface area contributed by atoms with Crippen molar-refractivity contribution >= 4 is 22.5 Å². The summed E-state index contributed by atoms with van der Waals surface area (Å²) in [5.74, 6) is 1.85. The van der Waals surface area contributed by atoms with Crippen LogP contribution in [-0.2, 0) is 6.54 Å². The van der Waals surface area contributed by atoms with Crippen molar-refractivity contribution in [1.82, 2.24) is 19.7 Å². The molecule has 0 saturated carbocycles. The van der Waals surface area contributed by atoms with E-state index < -0.39 is 0 Å². The molecule has 2 heterocycles. The first-order chi connectivity index (χ1) is 14.5. The molecule has 0 bridgehead atoms. The van der Waals surface area contributed by atoms with Gasteiger partial charge in [0, 0.05) is 10.6 Å². The molecule has 0 atom stereocenters. The van der Waals surface area contributed by atoms with Crippen LogP contribution in [0.25, 0.3) is 22.4 Å². The van der Waals surface area contributed by atoms with Crippen LogP contribution < -0.4 is 19.8 Å². The van der Waals surface area contributed by atoms with Gasteiger partial charge in [-0.2, -0.15) is 0 Å². The third kappa shape index (κ3) is 3.55. The molecule has 0 amide bonds.